The van der Waals surface area contributed by atoms with Gasteiger partial charge < -0.3 is 10.1 Å². The highest BCUT2D eigenvalue weighted by atomic mass is 32.2. The van der Waals surface area contributed by atoms with Gasteiger partial charge in [-0.3, -0.25) is 4.79 Å². The Kier molecular flexibility index (Phi) is 3.64. The molecule has 0 aromatic heterocycles. The Morgan fingerprint density at radius 3 is 2.91 bits per heavy atom. The van der Waals surface area contributed by atoms with Gasteiger partial charge in [-0.05, 0) is 24.6 Å². The van der Waals surface area contributed by atoms with E-state index in [9.17, 15) is 13.2 Å². The van der Waals surface area contributed by atoms with Crippen LogP contribution in [0, 0.1) is 11.3 Å². The summed E-state index contributed by atoms with van der Waals surface area (Å²) in [6.45, 7) is 0.801. The first-order valence-electron chi connectivity index (χ1n) is 6.86. The highest BCUT2D eigenvalue weighted by Crippen LogP contribution is 2.31. The zero-order valence-electron chi connectivity index (χ0n) is 11.8. The Balaban J connectivity index is 1.82. The van der Waals surface area contributed by atoms with E-state index in [1.54, 1.807) is 12.1 Å². The number of nitriles is 1. The molecule has 1 aromatic carbocycles. The number of ether oxygens (including phenoxy) is 1. The number of benzene rings is 1. The lowest BCUT2D eigenvalue weighted by atomic mass is 10.0. The number of rotatable bonds is 2. The Hall–Kier alpha value is -1.95. The third kappa shape index (κ3) is 2.59. The van der Waals surface area contributed by atoms with E-state index in [1.165, 1.54) is 16.4 Å². The van der Waals surface area contributed by atoms with Gasteiger partial charge in [-0.1, -0.05) is 6.07 Å². The summed E-state index contributed by atoms with van der Waals surface area (Å²) in [5.74, 6) is -0.186. The van der Waals surface area contributed by atoms with Gasteiger partial charge in [-0.15, -0.1) is 0 Å². The van der Waals surface area contributed by atoms with Crippen LogP contribution < -0.4 is 5.32 Å². The average molecular weight is 321 g/mol. The molecule has 1 N–H and O–H groups in total. The van der Waals surface area contributed by atoms with Crippen molar-refractivity contribution in [2.75, 3.05) is 26.2 Å². The molecule has 2 aliphatic heterocycles. The third-order valence-electron chi connectivity index (χ3n) is 4.00. The van der Waals surface area contributed by atoms with Crippen LogP contribution in [0.3, 0.4) is 0 Å². The molecule has 7 nitrogen and oxygen atoms in total. The fraction of sp³-hybridized carbons (Fsp3) is 0.429. The maximum absolute atomic E-state index is 12.7. The summed E-state index contributed by atoms with van der Waals surface area (Å²) in [7, 11) is -3.67. The van der Waals surface area contributed by atoms with Crippen molar-refractivity contribution >= 4 is 15.9 Å². The Labute approximate surface area is 128 Å². The molecule has 2 aliphatic rings. The molecule has 1 atom stereocenters. The van der Waals surface area contributed by atoms with Crippen LogP contribution in [-0.4, -0.2) is 50.5 Å². The van der Waals surface area contributed by atoms with Crippen molar-refractivity contribution in [3.63, 3.8) is 0 Å². The van der Waals surface area contributed by atoms with Crippen LogP contribution in [0.15, 0.2) is 29.2 Å². The van der Waals surface area contributed by atoms with Crippen LogP contribution in [-0.2, 0) is 19.6 Å². The number of hydrogen-bond donors (Lipinski definition) is 1. The minimum Gasteiger partial charge on any atom is -0.362 e. The molecule has 0 radical (unpaired) electrons. The predicted molar refractivity (Wildman–Crippen MR) is 76.2 cm³/mol. The lowest BCUT2D eigenvalue weighted by Crippen LogP contribution is -2.54. The lowest BCUT2D eigenvalue weighted by molar-refractivity contribution is -0.141. The minimum absolute atomic E-state index is 0.0438. The number of morpholine rings is 1. The summed E-state index contributed by atoms with van der Waals surface area (Å²) >= 11 is 0. The van der Waals surface area contributed by atoms with Gasteiger partial charge in [0.05, 0.1) is 16.5 Å². The van der Waals surface area contributed by atoms with E-state index >= 15 is 0 Å². The second-order valence-electron chi connectivity index (χ2n) is 5.48. The van der Waals surface area contributed by atoms with E-state index in [0.29, 0.717) is 25.1 Å². The maximum Gasteiger partial charge on any atom is 0.246 e. The highest BCUT2D eigenvalue weighted by Gasteiger charge is 2.46. The van der Waals surface area contributed by atoms with Gasteiger partial charge in [0, 0.05) is 19.6 Å². The number of sulfonamides is 1. The van der Waals surface area contributed by atoms with Crippen molar-refractivity contribution in [2.24, 2.45) is 0 Å². The van der Waals surface area contributed by atoms with E-state index < -0.39 is 15.6 Å². The predicted octanol–water partition coefficient (Wildman–Crippen LogP) is -0.162. The van der Waals surface area contributed by atoms with E-state index in [2.05, 4.69) is 5.32 Å². The second-order valence-corrected chi connectivity index (χ2v) is 7.41. The zero-order valence-corrected chi connectivity index (χ0v) is 12.6. The number of carbonyl (C=O) groups is 1. The van der Waals surface area contributed by atoms with Gasteiger partial charge in [0.15, 0.2) is 0 Å². The molecule has 1 amide bonds. The standard InChI is InChI=1S/C14H15N3O4S/c15-7-11-2-1-3-12(6-11)22(19,20)17-5-4-14(10-17)9-16-13(18)8-21-14/h1-3,6H,4-5,8-10H2,(H,16,18). The van der Waals surface area contributed by atoms with Crippen molar-refractivity contribution in [2.45, 2.75) is 16.9 Å². The Bertz CT molecular complexity index is 744. The number of amides is 1. The molecule has 1 unspecified atom stereocenters. The molecule has 0 saturated carbocycles. The Morgan fingerprint density at radius 2 is 2.23 bits per heavy atom. The molecule has 8 heteroatoms. The zero-order chi connectivity index (χ0) is 15.8. The number of nitrogens with one attached hydrogen (secondary N) is 1. The molecule has 2 fully saturated rings. The van der Waals surface area contributed by atoms with Crippen molar-refractivity contribution in [1.82, 2.24) is 9.62 Å². The van der Waals surface area contributed by atoms with Gasteiger partial charge in [-0.2, -0.15) is 9.57 Å². The van der Waals surface area contributed by atoms with Crippen molar-refractivity contribution in [3.8, 4) is 6.07 Å². The first-order valence-corrected chi connectivity index (χ1v) is 8.30. The maximum atomic E-state index is 12.7. The van der Waals surface area contributed by atoms with Crippen molar-refractivity contribution in [1.29, 1.82) is 5.26 Å². The van der Waals surface area contributed by atoms with E-state index in [1.807, 2.05) is 6.07 Å². The quantitative estimate of drug-likeness (QED) is 0.816. The molecule has 1 spiro atoms. The molecule has 2 heterocycles. The van der Waals surface area contributed by atoms with Gasteiger partial charge in [0.25, 0.3) is 0 Å². The summed E-state index contributed by atoms with van der Waals surface area (Å²) in [6, 6.07) is 7.89. The summed E-state index contributed by atoms with van der Waals surface area (Å²) in [5, 5.41) is 11.6. The van der Waals surface area contributed by atoms with Crippen molar-refractivity contribution in [3.05, 3.63) is 29.8 Å². The fourth-order valence-electron chi connectivity index (χ4n) is 2.73. The smallest absolute Gasteiger partial charge is 0.246 e. The molecule has 116 valence electrons. The largest absolute Gasteiger partial charge is 0.362 e. The average Bonchev–Trinajstić information content (AvgIpc) is 2.95. The SMILES string of the molecule is N#Cc1cccc(S(=O)(=O)N2CCC3(CNC(=O)CO3)C2)c1. The summed E-state index contributed by atoms with van der Waals surface area (Å²) < 4.78 is 32.3. The summed E-state index contributed by atoms with van der Waals surface area (Å²) in [4.78, 5) is 11.3. The summed E-state index contributed by atoms with van der Waals surface area (Å²) in [5.41, 5.74) is -0.343. The molecular weight excluding hydrogens is 306 g/mol. The van der Waals surface area contributed by atoms with Crippen LogP contribution in [0.25, 0.3) is 0 Å². The number of hydrogen-bond acceptors (Lipinski definition) is 5. The minimum atomic E-state index is -3.67. The number of carbonyl (C=O) groups excluding carboxylic acids is 1. The van der Waals surface area contributed by atoms with E-state index in [4.69, 9.17) is 10.00 Å². The topological polar surface area (TPSA) is 99.5 Å². The first-order chi connectivity index (χ1) is 10.5. The van der Waals surface area contributed by atoms with Gasteiger partial charge in [0.2, 0.25) is 15.9 Å². The highest BCUT2D eigenvalue weighted by molar-refractivity contribution is 7.89. The molecule has 0 aliphatic carbocycles. The Morgan fingerprint density at radius 1 is 1.41 bits per heavy atom. The van der Waals surface area contributed by atoms with Crippen LogP contribution in [0.5, 0.6) is 0 Å². The van der Waals surface area contributed by atoms with E-state index in [-0.39, 0.29) is 24.0 Å². The molecule has 3 rings (SSSR count). The second kappa shape index (κ2) is 5.35. The number of nitrogens with zero attached hydrogens (tertiary/aromatic N) is 2. The van der Waals surface area contributed by atoms with Crippen LogP contribution in [0.4, 0.5) is 0 Å². The summed E-state index contributed by atoms with van der Waals surface area (Å²) in [6.07, 6.45) is 0.532. The molecule has 0 bridgehead atoms. The van der Waals surface area contributed by atoms with Gasteiger partial charge in [-0.25, -0.2) is 8.42 Å². The monoisotopic (exact) mass is 321 g/mol. The van der Waals surface area contributed by atoms with Crippen molar-refractivity contribution < 1.29 is 17.9 Å². The molecular formula is C14H15N3O4S. The first kappa shape index (κ1) is 15.0. The van der Waals surface area contributed by atoms with Crippen LogP contribution in [0.1, 0.15) is 12.0 Å². The van der Waals surface area contributed by atoms with E-state index in [0.717, 1.165) is 0 Å². The molecule has 1 aromatic rings. The van der Waals surface area contributed by atoms with Crippen LogP contribution in [0.2, 0.25) is 0 Å². The lowest BCUT2D eigenvalue weighted by Gasteiger charge is -2.33. The third-order valence-corrected chi connectivity index (χ3v) is 5.84. The fourth-order valence-corrected chi connectivity index (χ4v) is 4.29. The van der Waals surface area contributed by atoms with Gasteiger partial charge >= 0.3 is 0 Å². The molecule has 22 heavy (non-hydrogen) atoms. The van der Waals surface area contributed by atoms with Crippen LogP contribution >= 0.6 is 0 Å². The normalized spacial score (nSPS) is 25.9. The van der Waals surface area contributed by atoms with Gasteiger partial charge in [0.1, 0.15) is 12.2 Å². The molecule has 2 saturated heterocycles.